The second-order valence-corrected chi connectivity index (χ2v) is 5.40. The number of pyridine rings is 1. The van der Waals surface area contributed by atoms with Crippen LogP contribution in [0, 0.1) is 0 Å². The number of anilines is 2. The van der Waals surface area contributed by atoms with E-state index in [9.17, 15) is 0 Å². The molecule has 3 heterocycles. The van der Waals surface area contributed by atoms with Crippen LogP contribution in [0.15, 0.2) is 12.1 Å². The molecule has 5 nitrogen and oxygen atoms in total. The van der Waals surface area contributed by atoms with Crippen LogP contribution in [-0.2, 0) is 0 Å². The molecule has 19 heavy (non-hydrogen) atoms. The van der Waals surface area contributed by atoms with E-state index in [1.165, 1.54) is 32.4 Å². The van der Waals surface area contributed by atoms with Crippen molar-refractivity contribution < 1.29 is 4.74 Å². The number of rotatable bonds is 3. The predicted octanol–water partition coefficient (Wildman–Crippen LogP) is 1.35. The van der Waals surface area contributed by atoms with Crippen LogP contribution in [0.2, 0.25) is 0 Å². The Bertz CT molecular complexity index is 445. The number of nitrogen functional groups attached to an aromatic ring is 1. The highest BCUT2D eigenvalue weighted by atomic mass is 16.5. The first kappa shape index (κ1) is 12.5. The summed E-state index contributed by atoms with van der Waals surface area (Å²) in [7, 11) is 1.61. The average Bonchev–Trinajstić information content (AvgIpc) is 3.10. The molecule has 1 unspecified atom stereocenters. The molecule has 0 bridgehead atoms. The number of ether oxygens (including phenoxy) is 1. The van der Waals surface area contributed by atoms with Gasteiger partial charge in [0.1, 0.15) is 5.82 Å². The molecule has 3 rings (SSSR count). The molecule has 1 aromatic heterocycles. The van der Waals surface area contributed by atoms with E-state index in [1.54, 1.807) is 7.11 Å². The van der Waals surface area contributed by atoms with Crippen LogP contribution in [0.5, 0.6) is 5.88 Å². The van der Waals surface area contributed by atoms with Gasteiger partial charge in [0.2, 0.25) is 5.88 Å². The zero-order valence-electron chi connectivity index (χ0n) is 11.5. The first-order chi connectivity index (χ1) is 9.28. The Morgan fingerprint density at radius 2 is 2.05 bits per heavy atom. The summed E-state index contributed by atoms with van der Waals surface area (Å²) in [6, 6.07) is 4.56. The zero-order chi connectivity index (χ0) is 13.2. The normalized spacial score (nSPS) is 24.1. The van der Waals surface area contributed by atoms with Gasteiger partial charge >= 0.3 is 0 Å². The quantitative estimate of drug-likeness (QED) is 0.891. The summed E-state index contributed by atoms with van der Waals surface area (Å²) in [5, 5.41) is 0. The van der Waals surface area contributed by atoms with Crippen molar-refractivity contribution in [2.75, 3.05) is 43.9 Å². The Morgan fingerprint density at radius 1 is 1.26 bits per heavy atom. The Kier molecular flexibility index (Phi) is 3.46. The Balaban J connectivity index is 1.70. The van der Waals surface area contributed by atoms with Crippen molar-refractivity contribution in [3.63, 3.8) is 0 Å². The van der Waals surface area contributed by atoms with E-state index < -0.39 is 0 Å². The van der Waals surface area contributed by atoms with Crippen LogP contribution >= 0.6 is 0 Å². The van der Waals surface area contributed by atoms with Crippen LogP contribution in [0.3, 0.4) is 0 Å². The first-order valence-corrected chi connectivity index (χ1v) is 7.07. The summed E-state index contributed by atoms with van der Waals surface area (Å²) in [6.45, 7) is 4.66. The van der Waals surface area contributed by atoms with Gasteiger partial charge < -0.3 is 15.4 Å². The molecule has 0 aliphatic carbocycles. The Hall–Kier alpha value is -1.49. The minimum atomic E-state index is 0.530. The van der Waals surface area contributed by atoms with E-state index in [1.807, 2.05) is 12.1 Å². The molecule has 2 fully saturated rings. The second-order valence-electron chi connectivity index (χ2n) is 5.40. The summed E-state index contributed by atoms with van der Waals surface area (Å²) in [5.74, 6) is 1.51. The summed E-state index contributed by atoms with van der Waals surface area (Å²) >= 11 is 0. The summed E-state index contributed by atoms with van der Waals surface area (Å²) < 4.78 is 5.20. The van der Waals surface area contributed by atoms with Gasteiger partial charge in [-0.25, -0.2) is 0 Å². The van der Waals surface area contributed by atoms with Gasteiger partial charge in [-0.1, -0.05) is 0 Å². The van der Waals surface area contributed by atoms with Crippen molar-refractivity contribution in [2.45, 2.75) is 25.3 Å². The second kappa shape index (κ2) is 5.25. The molecule has 2 N–H and O–H groups in total. The minimum Gasteiger partial charge on any atom is -0.479 e. The number of likely N-dealkylation sites (tertiary alicyclic amines) is 1. The molecular weight excluding hydrogens is 240 g/mol. The number of hydrogen-bond donors (Lipinski definition) is 1. The number of methoxy groups -OCH3 is 1. The number of nitrogens with zero attached hydrogens (tertiary/aromatic N) is 3. The van der Waals surface area contributed by atoms with Crippen LogP contribution < -0.4 is 15.4 Å². The average molecular weight is 262 g/mol. The standard InChI is InChI=1S/C14H22N4O/c1-19-14-12(15)4-5-13(16-14)18-9-6-11(10-18)17-7-2-3-8-17/h4-5,11H,2-3,6-10,15H2,1H3. The molecule has 5 heteroatoms. The van der Waals surface area contributed by atoms with E-state index >= 15 is 0 Å². The van der Waals surface area contributed by atoms with E-state index in [4.69, 9.17) is 10.5 Å². The molecule has 0 radical (unpaired) electrons. The molecule has 2 aliphatic rings. The van der Waals surface area contributed by atoms with Crippen molar-refractivity contribution in [3.8, 4) is 5.88 Å². The number of nitrogens with two attached hydrogens (primary N) is 1. The van der Waals surface area contributed by atoms with Crippen LogP contribution in [-0.4, -0.2) is 49.2 Å². The van der Waals surface area contributed by atoms with Gasteiger partial charge in [-0.15, -0.1) is 0 Å². The molecule has 0 amide bonds. The highest BCUT2D eigenvalue weighted by Crippen LogP contribution is 2.27. The van der Waals surface area contributed by atoms with Gasteiger partial charge in [0.25, 0.3) is 0 Å². The van der Waals surface area contributed by atoms with Gasteiger partial charge in [0, 0.05) is 19.1 Å². The molecule has 1 atom stereocenters. The van der Waals surface area contributed by atoms with Crippen molar-refractivity contribution in [1.82, 2.24) is 9.88 Å². The fourth-order valence-electron chi connectivity index (χ4n) is 3.14. The van der Waals surface area contributed by atoms with E-state index in [2.05, 4.69) is 14.8 Å². The van der Waals surface area contributed by atoms with E-state index in [0.717, 1.165) is 18.9 Å². The van der Waals surface area contributed by atoms with E-state index in [0.29, 0.717) is 17.6 Å². The summed E-state index contributed by atoms with van der Waals surface area (Å²) in [6.07, 6.45) is 3.93. The molecule has 2 saturated heterocycles. The van der Waals surface area contributed by atoms with Gasteiger partial charge in [0.15, 0.2) is 0 Å². The fourth-order valence-corrected chi connectivity index (χ4v) is 3.14. The van der Waals surface area contributed by atoms with Crippen molar-refractivity contribution in [3.05, 3.63) is 12.1 Å². The van der Waals surface area contributed by atoms with Crippen molar-refractivity contribution in [2.24, 2.45) is 0 Å². The topological polar surface area (TPSA) is 54.6 Å². The highest BCUT2D eigenvalue weighted by Gasteiger charge is 2.29. The molecule has 1 aromatic rings. The third-order valence-electron chi connectivity index (χ3n) is 4.21. The SMILES string of the molecule is COc1nc(N2CCC(N3CCCC3)C2)ccc1N. The van der Waals surface area contributed by atoms with Crippen molar-refractivity contribution in [1.29, 1.82) is 0 Å². The maximum atomic E-state index is 5.81. The van der Waals surface area contributed by atoms with Gasteiger partial charge in [-0.3, -0.25) is 4.90 Å². The zero-order valence-corrected chi connectivity index (χ0v) is 11.5. The minimum absolute atomic E-state index is 0.530. The number of aromatic nitrogens is 1. The molecule has 0 aromatic carbocycles. The Morgan fingerprint density at radius 3 is 2.79 bits per heavy atom. The van der Waals surface area contributed by atoms with E-state index in [-0.39, 0.29) is 0 Å². The lowest BCUT2D eigenvalue weighted by Gasteiger charge is -2.24. The molecular formula is C14H22N4O. The van der Waals surface area contributed by atoms with Crippen LogP contribution in [0.25, 0.3) is 0 Å². The summed E-state index contributed by atoms with van der Waals surface area (Å²) in [5.41, 5.74) is 6.41. The van der Waals surface area contributed by atoms with Gasteiger partial charge in [-0.05, 0) is 44.5 Å². The maximum absolute atomic E-state index is 5.81. The third-order valence-corrected chi connectivity index (χ3v) is 4.21. The monoisotopic (exact) mass is 262 g/mol. The maximum Gasteiger partial charge on any atom is 0.238 e. The third kappa shape index (κ3) is 2.47. The highest BCUT2D eigenvalue weighted by molar-refractivity contribution is 5.55. The molecule has 0 spiro atoms. The summed E-state index contributed by atoms with van der Waals surface area (Å²) in [4.78, 5) is 9.45. The van der Waals surface area contributed by atoms with Gasteiger partial charge in [-0.2, -0.15) is 4.98 Å². The molecule has 104 valence electrons. The predicted molar refractivity (Wildman–Crippen MR) is 76.6 cm³/mol. The first-order valence-electron chi connectivity index (χ1n) is 7.07. The number of hydrogen-bond acceptors (Lipinski definition) is 5. The molecule has 0 saturated carbocycles. The lowest BCUT2D eigenvalue weighted by molar-refractivity contribution is 0.260. The largest absolute Gasteiger partial charge is 0.479 e. The van der Waals surface area contributed by atoms with Crippen molar-refractivity contribution >= 4 is 11.5 Å². The van der Waals surface area contributed by atoms with Crippen LogP contribution in [0.1, 0.15) is 19.3 Å². The lowest BCUT2D eigenvalue weighted by atomic mass is 10.2. The fraction of sp³-hybridized carbons (Fsp3) is 0.643. The molecule has 2 aliphatic heterocycles. The van der Waals surface area contributed by atoms with Gasteiger partial charge in [0.05, 0.1) is 12.8 Å². The van der Waals surface area contributed by atoms with Crippen LogP contribution in [0.4, 0.5) is 11.5 Å². The Labute approximate surface area is 114 Å². The smallest absolute Gasteiger partial charge is 0.238 e. The lowest BCUT2D eigenvalue weighted by Crippen LogP contribution is -2.35.